The fraction of sp³-hybridized carbons (Fsp3) is 0. The highest BCUT2D eigenvalue weighted by atomic mass is 15.1. The molecule has 0 unspecified atom stereocenters. The molecule has 0 heterocycles. The molecular formula is C66H43N. The lowest BCUT2D eigenvalue weighted by Gasteiger charge is -2.30. The van der Waals surface area contributed by atoms with Gasteiger partial charge in [0.2, 0.25) is 0 Å². The second kappa shape index (κ2) is 16.0. The van der Waals surface area contributed by atoms with Crippen molar-refractivity contribution < 1.29 is 0 Å². The molecule has 0 radical (unpaired) electrons. The molecule has 0 saturated heterocycles. The third-order valence-electron chi connectivity index (χ3n) is 13.8. The largest absolute Gasteiger partial charge is 0.309 e. The van der Waals surface area contributed by atoms with Gasteiger partial charge in [0.25, 0.3) is 0 Å². The maximum atomic E-state index is 2.49. The highest BCUT2D eigenvalue weighted by Crippen LogP contribution is 2.51. The number of benzene rings is 13. The lowest BCUT2D eigenvalue weighted by Crippen LogP contribution is -2.11. The Morgan fingerprint density at radius 3 is 1.13 bits per heavy atom. The molecule has 0 aliphatic rings. The normalized spacial score (nSPS) is 11.6. The van der Waals surface area contributed by atoms with Crippen LogP contribution in [0.5, 0.6) is 0 Å². The molecule has 13 rings (SSSR count). The summed E-state index contributed by atoms with van der Waals surface area (Å²) in [5.74, 6) is 0. The van der Waals surface area contributed by atoms with Crippen LogP contribution >= 0.6 is 0 Å². The average Bonchev–Trinajstić information content (AvgIpc) is 3.40. The zero-order valence-electron chi connectivity index (χ0n) is 36.8. The molecule has 312 valence electrons. The van der Waals surface area contributed by atoms with Gasteiger partial charge in [-0.2, -0.15) is 0 Å². The van der Waals surface area contributed by atoms with E-state index >= 15 is 0 Å². The van der Waals surface area contributed by atoms with Crippen LogP contribution in [0.1, 0.15) is 0 Å². The summed E-state index contributed by atoms with van der Waals surface area (Å²) in [5.41, 5.74) is 13.1. The van der Waals surface area contributed by atoms with Crippen LogP contribution in [-0.4, -0.2) is 0 Å². The second-order valence-corrected chi connectivity index (χ2v) is 17.6. The van der Waals surface area contributed by atoms with Crippen molar-refractivity contribution in [1.29, 1.82) is 0 Å². The molecule has 0 spiro atoms. The van der Waals surface area contributed by atoms with Crippen LogP contribution in [0.25, 0.3) is 109 Å². The van der Waals surface area contributed by atoms with Crippen LogP contribution in [0.15, 0.2) is 261 Å². The van der Waals surface area contributed by atoms with Gasteiger partial charge in [-0.3, -0.25) is 0 Å². The van der Waals surface area contributed by atoms with Crippen LogP contribution in [0.4, 0.5) is 17.1 Å². The van der Waals surface area contributed by atoms with Gasteiger partial charge in [-0.05, 0) is 142 Å². The van der Waals surface area contributed by atoms with Gasteiger partial charge in [-0.15, -0.1) is 0 Å². The first-order valence-electron chi connectivity index (χ1n) is 23.2. The van der Waals surface area contributed by atoms with Gasteiger partial charge >= 0.3 is 0 Å². The van der Waals surface area contributed by atoms with Gasteiger partial charge in [0, 0.05) is 16.2 Å². The van der Waals surface area contributed by atoms with Crippen LogP contribution in [0.2, 0.25) is 0 Å². The first-order chi connectivity index (χ1) is 33.2. The first-order valence-corrected chi connectivity index (χ1v) is 23.2. The Balaban J connectivity index is 1.12. The minimum Gasteiger partial charge on any atom is -0.309 e. The topological polar surface area (TPSA) is 3.24 Å². The van der Waals surface area contributed by atoms with Crippen molar-refractivity contribution in [3.05, 3.63) is 261 Å². The number of fused-ring (bicyclic) bond motifs is 6. The van der Waals surface area contributed by atoms with Gasteiger partial charge in [0.05, 0.1) is 17.1 Å². The minimum absolute atomic E-state index is 1.13. The molecule has 13 aromatic rings. The van der Waals surface area contributed by atoms with E-state index in [1.807, 2.05) is 0 Å². The van der Waals surface area contributed by atoms with Crippen molar-refractivity contribution in [3.8, 4) is 44.5 Å². The molecule has 0 amide bonds. The number of hydrogen-bond acceptors (Lipinski definition) is 1. The summed E-state index contributed by atoms with van der Waals surface area (Å²) in [5, 5.41) is 14.6. The van der Waals surface area contributed by atoms with Gasteiger partial charge in [-0.25, -0.2) is 0 Å². The summed E-state index contributed by atoms with van der Waals surface area (Å²) in [7, 11) is 0. The zero-order chi connectivity index (χ0) is 44.3. The predicted octanol–water partition coefficient (Wildman–Crippen LogP) is 18.7. The number of nitrogens with zero attached hydrogens (tertiary/aromatic N) is 1. The Labute approximate surface area is 390 Å². The van der Waals surface area contributed by atoms with Crippen LogP contribution in [0, 0.1) is 0 Å². The second-order valence-electron chi connectivity index (χ2n) is 17.6. The van der Waals surface area contributed by atoms with Crippen molar-refractivity contribution >= 4 is 81.7 Å². The quantitative estimate of drug-likeness (QED) is 0.144. The van der Waals surface area contributed by atoms with Crippen molar-refractivity contribution in [2.45, 2.75) is 0 Å². The Bertz CT molecular complexity index is 3890. The Hall–Kier alpha value is -8.78. The van der Waals surface area contributed by atoms with E-state index in [1.165, 1.54) is 109 Å². The summed E-state index contributed by atoms with van der Waals surface area (Å²) in [6.45, 7) is 0. The van der Waals surface area contributed by atoms with Gasteiger partial charge in [0.1, 0.15) is 0 Å². The highest BCUT2D eigenvalue weighted by molar-refractivity contribution is 6.26. The molecule has 0 atom stereocenters. The number of hydrogen-bond donors (Lipinski definition) is 0. The lowest BCUT2D eigenvalue weighted by molar-refractivity contribution is 1.33. The molecule has 67 heavy (non-hydrogen) atoms. The standard InChI is InChI=1S/C66H43N/c1-3-19-44(20-4-1)50-39-51(45-21-5-2-6-22-45)41-52(40-50)65-57-33-15-16-34-58(57)66(61-43-49-26-8-7-25-48(49)42-60(61)65)59-37-38-64(56-32-14-13-31-55(56)59)67(62-35-17-27-46-23-9-11-29-53(46)62)63-36-18-28-47-24-10-12-30-54(47)63/h1-43H. The maximum absolute atomic E-state index is 2.49. The molecule has 1 nitrogen and oxygen atoms in total. The molecule has 0 aliphatic carbocycles. The zero-order valence-corrected chi connectivity index (χ0v) is 36.8. The molecule has 0 aromatic heterocycles. The molecule has 0 aliphatic heterocycles. The van der Waals surface area contributed by atoms with Crippen LogP contribution in [-0.2, 0) is 0 Å². The Morgan fingerprint density at radius 1 is 0.194 bits per heavy atom. The third kappa shape index (κ3) is 6.55. The van der Waals surface area contributed by atoms with E-state index in [0.717, 1.165) is 17.1 Å². The fourth-order valence-corrected chi connectivity index (χ4v) is 10.7. The SMILES string of the molecule is c1ccc(-c2cc(-c3ccccc3)cc(-c3c4ccccc4c(-c4ccc(N(c5cccc6ccccc56)c5cccc6ccccc56)c5ccccc45)c4cc5ccccc5cc34)c2)cc1. The van der Waals surface area contributed by atoms with Gasteiger partial charge in [0.15, 0.2) is 0 Å². The summed E-state index contributed by atoms with van der Waals surface area (Å²) >= 11 is 0. The summed E-state index contributed by atoms with van der Waals surface area (Å²) in [4.78, 5) is 2.49. The van der Waals surface area contributed by atoms with E-state index in [9.17, 15) is 0 Å². The van der Waals surface area contributed by atoms with Crippen molar-refractivity contribution in [2.75, 3.05) is 4.90 Å². The smallest absolute Gasteiger partial charge is 0.0540 e. The molecule has 1 heteroatoms. The Kier molecular flexibility index (Phi) is 9.25. The molecule has 0 N–H and O–H groups in total. The number of anilines is 3. The highest BCUT2D eigenvalue weighted by Gasteiger charge is 2.24. The summed E-state index contributed by atoms with van der Waals surface area (Å²) in [6, 6.07) is 96.1. The molecule has 0 fully saturated rings. The molecule has 13 aromatic carbocycles. The summed E-state index contributed by atoms with van der Waals surface area (Å²) in [6.07, 6.45) is 0. The number of rotatable bonds is 7. The fourth-order valence-electron chi connectivity index (χ4n) is 10.7. The van der Waals surface area contributed by atoms with E-state index in [4.69, 9.17) is 0 Å². The first kappa shape index (κ1) is 38.7. The minimum atomic E-state index is 1.13. The van der Waals surface area contributed by atoms with Crippen molar-refractivity contribution in [2.24, 2.45) is 0 Å². The van der Waals surface area contributed by atoms with Crippen LogP contribution < -0.4 is 4.90 Å². The van der Waals surface area contributed by atoms with Crippen molar-refractivity contribution in [3.63, 3.8) is 0 Å². The summed E-state index contributed by atoms with van der Waals surface area (Å²) < 4.78 is 0. The van der Waals surface area contributed by atoms with Crippen LogP contribution in [0.3, 0.4) is 0 Å². The van der Waals surface area contributed by atoms with E-state index < -0.39 is 0 Å². The molecule has 0 saturated carbocycles. The van der Waals surface area contributed by atoms with E-state index in [1.54, 1.807) is 0 Å². The predicted molar refractivity (Wildman–Crippen MR) is 288 cm³/mol. The van der Waals surface area contributed by atoms with Crippen molar-refractivity contribution in [1.82, 2.24) is 0 Å². The monoisotopic (exact) mass is 849 g/mol. The average molecular weight is 850 g/mol. The van der Waals surface area contributed by atoms with E-state index in [2.05, 4.69) is 266 Å². The maximum Gasteiger partial charge on any atom is 0.0540 e. The lowest BCUT2D eigenvalue weighted by atomic mass is 9.82. The van der Waals surface area contributed by atoms with Gasteiger partial charge < -0.3 is 4.90 Å². The Morgan fingerprint density at radius 2 is 0.582 bits per heavy atom. The molecular weight excluding hydrogens is 807 g/mol. The van der Waals surface area contributed by atoms with E-state index in [0.29, 0.717) is 0 Å². The molecule has 0 bridgehead atoms. The van der Waals surface area contributed by atoms with E-state index in [-0.39, 0.29) is 0 Å². The van der Waals surface area contributed by atoms with Gasteiger partial charge in [-0.1, -0.05) is 212 Å². The third-order valence-corrected chi connectivity index (χ3v) is 13.8.